The number of rotatable bonds is 10. The van der Waals surface area contributed by atoms with E-state index in [2.05, 4.69) is 170 Å². The summed E-state index contributed by atoms with van der Waals surface area (Å²) in [5.74, 6) is -1.08. The molecular formula is C48H50BN2O4PSi. The van der Waals surface area contributed by atoms with Crippen LogP contribution in [0.25, 0.3) is 10.8 Å². The van der Waals surface area contributed by atoms with Crippen molar-refractivity contribution in [1.29, 1.82) is 0 Å². The zero-order chi connectivity index (χ0) is 40.1. The average molecular weight is 789 g/mol. The van der Waals surface area contributed by atoms with Gasteiger partial charge >= 0.3 is 18.9 Å². The summed E-state index contributed by atoms with van der Waals surface area (Å²) in [5, 5.41) is 4.96. The highest BCUT2D eigenvalue weighted by atomic mass is 31.1. The molecule has 8 rings (SSSR count). The molecule has 0 aromatic heterocycles. The molecule has 6 aromatic rings. The van der Waals surface area contributed by atoms with Crippen LogP contribution in [0.3, 0.4) is 0 Å². The van der Waals surface area contributed by atoms with E-state index in [1.807, 2.05) is 0 Å². The van der Waals surface area contributed by atoms with Gasteiger partial charge in [-0.1, -0.05) is 135 Å². The number of hydrogen-bond acceptors (Lipinski definition) is 6. The second kappa shape index (κ2) is 15.3. The SMILES string of the molecule is COC(=O)C1(C(=O)OC)Cc2c(C)c(C[Si](C)(C)C)c(B3N(Cc4ccccc4)c4cccc5cccc(c45)N3P(c3ccccc3)c3ccccc3)c(C)c2C1. The van der Waals surface area contributed by atoms with Crippen LogP contribution in [0.2, 0.25) is 19.6 Å². The standard InChI is InChI=1S/C48H50BN2O4PSi/c1-33-39-29-48(46(52)54-3,47(53)55-4)30-40(39)34(2)45(41(33)32-57(5,6)7)49-50(31-35-19-11-8-12-20-35)42-27-17-21-36-22-18-28-43(44(36)42)51(49)56(37-23-13-9-14-24-37)38-25-15-10-16-26-38/h8-28H,29-32H2,1-7H3. The van der Waals surface area contributed by atoms with Crippen molar-refractivity contribution in [2.24, 2.45) is 5.41 Å². The molecule has 0 spiro atoms. The molecule has 0 bridgehead atoms. The molecule has 6 aromatic carbocycles. The van der Waals surface area contributed by atoms with Gasteiger partial charge in [-0.25, -0.2) is 0 Å². The van der Waals surface area contributed by atoms with Crippen molar-refractivity contribution in [3.63, 3.8) is 0 Å². The molecule has 0 fully saturated rings. The molecule has 0 atom stereocenters. The van der Waals surface area contributed by atoms with Crippen LogP contribution in [-0.2, 0) is 44.5 Å². The van der Waals surface area contributed by atoms with Gasteiger partial charge in [0.2, 0.25) is 0 Å². The zero-order valence-electron chi connectivity index (χ0n) is 34.0. The highest BCUT2D eigenvalue weighted by Gasteiger charge is 2.55. The number of ether oxygens (including phenoxy) is 2. The third kappa shape index (κ3) is 6.77. The molecule has 1 aliphatic carbocycles. The smallest absolute Gasteiger partial charge is 0.416 e. The Bertz CT molecular complexity index is 2410. The minimum atomic E-state index is -1.78. The van der Waals surface area contributed by atoms with Crippen molar-refractivity contribution < 1.29 is 19.1 Å². The van der Waals surface area contributed by atoms with E-state index in [4.69, 9.17) is 9.47 Å². The van der Waals surface area contributed by atoms with Crippen LogP contribution in [0, 0.1) is 19.3 Å². The highest BCUT2D eigenvalue weighted by molar-refractivity contribution is 7.76. The van der Waals surface area contributed by atoms with Crippen LogP contribution >= 0.6 is 8.07 Å². The van der Waals surface area contributed by atoms with Crippen molar-refractivity contribution in [1.82, 2.24) is 0 Å². The number of methoxy groups -OCH3 is 2. The third-order valence-electron chi connectivity index (χ3n) is 11.9. The fourth-order valence-electron chi connectivity index (χ4n) is 9.35. The van der Waals surface area contributed by atoms with Crippen molar-refractivity contribution in [3.05, 3.63) is 161 Å². The zero-order valence-corrected chi connectivity index (χ0v) is 35.9. The number of carbonyl (C=O) groups excluding carboxylic acids is 2. The molecule has 1 heterocycles. The highest BCUT2D eigenvalue weighted by Crippen LogP contribution is 2.52. The number of fused-ring (bicyclic) bond motifs is 1. The summed E-state index contributed by atoms with van der Waals surface area (Å²) in [6, 6.07) is 47.1. The van der Waals surface area contributed by atoms with Crippen LogP contribution in [0.5, 0.6) is 0 Å². The van der Waals surface area contributed by atoms with Crippen molar-refractivity contribution in [2.45, 2.75) is 58.9 Å². The van der Waals surface area contributed by atoms with E-state index in [0.29, 0.717) is 6.54 Å². The molecule has 0 N–H and O–H groups in total. The summed E-state index contributed by atoms with van der Waals surface area (Å²) in [6.07, 6.45) is 0.497. The van der Waals surface area contributed by atoms with E-state index in [9.17, 15) is 9.59 Å². The Morgan fingerprint density at radius 2 is 1.19 bits per heavy atom. The van der Waals surface area contributed by atoms with Gasteiger partial charge in [-0.3, -0.25) is 9.59 Å². The molecule has 0 radical (unpaired) electrons. The Morgan fingerprint density at radius 3 is 1.72 bits per heavy atom. The first-order valence-electron chi connectivity index (χ1n) is 19.8. The number of anilines is 2. The lowest BCUT2D eigenvalue weighted by atomic mass is 9.58. The lowest BCUT2D eigenvalue weighted by Gasteiger charge is -2.49. The Kier molecular flexibility index (Phi) is 10.4. The van der Waals surface area contributed by atoms with Crippen LogP contribution < -0.4 is 25.5 Å². The predicted octanol–water partition coefficient (Wildman–Crippen LogP) is 8.58. The molecule has 1 aliphatic heterocycles. The predicted molar refractivity (Wildman–Crippen MR) is 240 cm³/mol. The topological polar surface area (TPSA) is 59.1 Å². The first kappa shape index (κ1) is 38.7. The fourth-order valence-corrected chi connectivity index (χ4v) is 13.4. The summed E-state index contributed by atoms with van der Waals surface area (Å²) >= 11 is 0. The number of hydrogen-bond donors (Lipinski definition) is 0. The van der Waals surface area contributed by atoms with E-state index in [0.717, 1.165) is 22.7 Å². The second-order valence-corrected chi connectivity index (χ2v) is 24.3. The van der Waals surface area contributed by atoms with E-state index in [-0.39, 0.29) is 19.8 Å². The maximum Gasteiger partial charge on any atom is 0.416 e. The Balaban J connectivity index is 1.50. The number of carbonyl (C=O) groups is 2. The average Bonchev–Trinajstić information content (AvgIpc) is 3.65. The fraction of sp³-hybridized carbons (Fsp3) is 0.250. The molecule has 57 heavy (non-hydrogen) atoms. The van der Waals surface area contributed by atoms with Crippen molar-refractivity contribution >= 4 is 73.3 Å². The summed E-state index contributed by atoms with van der Waals surface area (Å²) < 4.78 is 13.5. The minimum absolute atomic E-state index is 0.234. The monoisotopic (exact) mass is 788 g/mol. The molecule has 0 saturated carbocycles. The van der Waals surface area contributed by atoms with Crippen LogP contribution in [0.4, 0.5) is 11.4 Å². The summed E-state index contributed by atoms with van der Waals surface area (Å²) in [7, 11) is -0.193. The third-order valence-corrected chi connectivity index (χ3v) is 15.7. The first-order chi connectivity index (χ1) is 27.5. The Labute approximate surface area is 339 Å². The maximum atomic E-state index is 13.8. The van der Waals surface area contributed by atoms with Gasteiger partial charge in [0.15, 0.2) is 5.41 Å². The number of benzene rings is 6. The van der Waals surface area contributed by atoms with Crippen LogP contribution in [0.15, 0.2) is 127 Å². The molecule has 0 amide bonds. The Hall–Kier alpha value is -5.17. The van der Waals surface area contributed by atoms with Gasteiger partial charge in [0.1, 0.15) is 0 Å². The second-order valence-electron chi connectivity index (χ2n) is 16.7. The normalized spacial score (nSPS) is 14.6. The van der Waals surface area contributed by atoms with Gasteiger partial charge in [-0.2, -0.15) is 0 Å². The van der Waals surface area contributed by atoms with Crippen molar-refractivity contribution in [3.8, 4) is 0 Å². The maximum absolute atomic E-state index is 13.8. The van der Waals surface area contributed by atoms with E-state index in [1.54, 1.807) is 0 Å². The van der Waals surface area contributed by atoms with E-state index >= 15 is 0 Å². The lowest BCUT2D eigenvalue weighted by Crippen LogP contribution is -2.63. The van der Waals surface area contributed by atoms with E-state index in [1.165, 1.54) is 69.1 Å². The van der Waals surface area contributed by atoms with Crippen LogP contribution in [-0.4, -0.2) is 41.2 Å². The summed E-state index contributed by atoms with van der Waals surface area (Å²) in [4.78, 5) is 30.1. The number of nitrogens with zero attached hydrogens (tertiary/aromatic N) is 2. The molecule has 2 aliphatic rings. The van der Waals surface area contributed by atoms with Crippen LogP contribution in [0.1, 0.15) is 33.4 Å². The van der Waals surface area contributed by atoms with Crippen molar-refractivity contribution in [2.75, 3.05) is 23.6 Å². The molecule has 0 unspecified atom stereocenters. The lowest BCUT2D eigenvalue weighted by molar-refractivity contribution is -0.168. The summed E-state index contributed by atoms with van der Waals surface area (Å²) in [6.45, 7) is 12.2. The quantitative estimate of drug-likeness (QED) is 0.0601. The molecule has 6 nitrogen and oxygen atoms in total. The van der Waals surface area contributed by atoms with E-state index < -0.39 is 33.5 Å². The molecule has 0 saturated heterocycles. The van der Waals surface area contributed by atoms with Gasteiger partial charge in [-0.05, 0) is 86.9 Å². The van der Waals surface area contributed by atoms with Gasteiger partial charge in [0.05, 0.1) is 14.2 Å². The molecule has 288 valence electrons. The van der Waals surface area contributed by atoms with Gasteiger partial charge in [0, 0.05) is 52.3 Å². The minimum Gasteiger partial charge on any atom is -0.468 e. The molecule has 9 heteroatoms. The molecular weight excluding hydrogens is 738 g/mol. The Morgan fingerprint density at radius 1 is 0.684 bits per heavy atom. The van der Waals surface area contributed by atoms with Gasteiger partial charge in [-0.15, -0.1) is 0 Å². The largest absolute Gasteiger partial charge is 0.468 e. The first-order valence-corrected chi connectivity index (χ1v) is 24.8. The summed E-state index contributed by atoms with van der Waals surface area (Å²) in [5.41, 5.74) is 9.20. The number of esters is 2. The van der Waals surface area contributed by atoms with Gasteiger partial charge < -0.3 is 18.9 Å². The van der Waals surface area contributed by atoms with Gasteiger partial charge in [0.25, 0.3) is 0 Å².